The summed E-state index contributed by atoms with van der Waals surface area (Å²) in [6, 6.07) is 5.72. The number of aromatic nitrogens is 3. The van der Waals surface area contributed by atoms with Crippen molar-refractivity contribution >= 4 is 23.2 Å². The van der Waals surface area contributed by atoms with Gasteiger partial charge in [-0.15, -0.1) is 16.8 Å². The number of nitrogens with zero attached hydrogens (tertiary/aromatic N) is 4. The summed E-state index contributed by atoms with van der Waals surface area (Å²) in [5.74, 6) is 0.778. The standard InChI is InChI=1S/C15H16N4O3S/c1-3-8-18-14(4-2)16-17-15(18)23-10-13(20)11-6-5-7-12(9-11)19(21)22/h3,5-7,9H,1,4,8,10H2,2H3. The number of nitro groups is 1. The number of ketones is 1. The molecule has 120 valence electrons. The Morgan fingerprint density at radius 2 is 2.26 bits per heavy atom. The van der Waals surface area contributed by atoms with Crippen LogP contribution < -0.4 is 0 Å². The second kappa shape index (κ2) is 7.68. The Morgan fingerprint density at radius 1 is 1.48 bits per heavy atom. The van der Waals surface area contributed by atoms with Gasteiger partial charge >= 0.3 is 0 Å². The highest BCUT2D eigenvalue weighted by Crippen LogP contribution is 2.20. The molecule has 0 radical (unpaired) electrons. The molecule has 0 unspecified atom stereocenters. The molecular weight excluding hydrogens is 316 g/mol. The number of non-ortho nitro benzene ring substituents is 1. The van der Waals surface area contributed by atoms with Crippen LogP contribution in [0.5, 0.6) is 0 Å². The van der Waals surface area contributed by atoms with Crippen LogP contribution in [0, 0.1) is 10.1 Å². The first-order chi connectivity index (χ1) is 11.1. The lowest BCUT2D eigenvalue weighted by Gasteiger charge is -2.06. The maximum atomic E-state index is 12.2. The average Bonchev–Trinajstić information content (AvgIpc) is 2.95. The molecule has 0 aliphatic carbocycles. The van der Waals surface area contributed by atoms with Gasteiger partial charge in [0.15, 0.2) is 10.9 Å². The van der Waals surface area contributed by atoms with Gasteiger partial charge in [0, 0.05) is 30.7 Å². The summed E-state index contributed by atoms with van der Waals surface area (Å²) in [6.07, 6.45) is 2.48. The predicted molar refractivity (Wildman–Crippen MR) is 87.7 cm³/mol. The number of benzene rings is 1. The first-order valence-electron chi connectivity index (χ1n) is 7.00. The van der Waals surface area contributed by atoms with Crippen molar-refractivity contribution in [3.05, 3.63) is 58.4 Å². The van der Waals surface area contributed by atoms with Crippen LogP contribution in [0.1, 0.15) is 23.1 Å². The van der Waals surface area contributed by atoms with E-state index in [-0.39, 0.29) is 17.2 Å². The fraction of sp³-hybridized carbons (Fsp3) is 0.267. The number of allylic oxidation sites excluding steroid dienone is 1. The number of hydrogen-bond acceptors (Lipinski definition) is 6. The second-order valence-electron chi connectivity index (χ2n) is 4.67. The number of carbonyl (C=O) groups excluding carboxylic acids is 1. The zero-order valence-corrected chi connectivity index (χ0v) is 13.5. The number of Topliss-reactive ketones (excluding diaryl/α,β-unsaturated/α-hetero) is 1. The van der Waals surface area contributed by atoms with E-state index in [0.29, 0.717) is 17.3 Å². The van der Waals surface area contributed by atoms with Crippen LogP contribution in [0.25, 0.3) is 0 Å². The van der Waals surface area contributed by atoms with Crippen LogP contribution in [-0.4, -0.2) is 31.2 Å². The van der Waals surface area contributed by atoms with E-state index in [2.05, 4.69) is 16.8 Å². The Kier molecular flexibility index (Phi) is 5.64. The molecule has 8 heteroatoms. The average molecular weight is 332 g/mol. The highest BCUT2D eigenvalue weighted by Gasteiger charge is 2.15. The molecule has 0 aliphatic rings. The first kappa shape index (κ1) is 16.9. The van der Waals surface area contributed by atoms with Gasteiger partial charge in [-0.25, -0.2) is 0 Å². The minimum atomic E-state index is -0.516. The summed E-state index contributed by atoms with van der Waals surface area (Å²) in [5.41, 5.74) is 0.223. The van der Waals surface area contributed by atoms with Gasteiger partial charge in [0.05, 0.1) is 10.7 Å². The Morgan fingerprint density at radius 3 is 2.91 bits per heavy atom. The van der Waals surface area contributed by atoms with E-state index in [4.69, 9.17) is 0 Å². The Balaban J connectivity index is 2.10. The Hall–Kier alpha value is -2.48. The fourth-order valence-electron chi connectivity index (χ4n) is 2.01. The van der Waals surface area contributed by atoms with Crippen LogP contribution in [0.2, 0.25) is 0 Å². The van der Waals surface area contributed by atoms with Gasteiger partial charge < -0.3 is 4.57 Å². The molecule has 1 aromatic carbocycles. The van der Waals surface area contributed by atoms with Crippen LogP contribution in [0.4, 0.5) is 5.69 Å². The SMILES string of the molecule is C=CCn1c(CC)nnc1SCC(=O)c1cccc([N+](=O)[O-])c1. The van der Waals surface area contributed by atoms with Crippen molar-refractivity contribution in [2.24, 2.45) is 0 Å². The molecule has 2 rings (SSSR count). The fourth-order valence-corrected chi connectivity index (χ4v) is 2.87. The molecule has 0 N–H and O–H groups in total. The summed E-state index contributed by atoms with van der Waals surface area (Å²) < 4.78 is 1.90. The molecule has 0 fully saturated rings. The zero-order valence-electron chi connectivity index (χ0n) is 12.6. The van der Waals surface area contributed by atoms with Crippen LogP contribution in [0.15, 0.2) is 42.1 Å². The third kappa shape index (κ3) is 4.04. The minimum absolute atomic E-state index is 0.0936. The smallest absolute Gasteiger partial charge is 0.270 e. The van der Waals surface area contributed by atoms with Gasteiger partial charge in [-0.3, -0.25) is 14.9 Å². The molecule has 7 nitrogen and oxygen atoms in total. The summed E-state index contributed by atoms with van der Waals surface area (Å²) in [6.45, 7) is 6.26. The van der Waals surface area contributed by atoms with Gasteiger partial charge in [-0.05, 0) is 0 Å². The predicted octanol–water partition coefficient (Wildman–Crippen LogP) is 2.91. The summed E-state index contributed by atoms with van der Waals surface area (Å²) in [5, 5.41) is 19.6. The van der Waals surface area contributed by atoms with E-state index < -0.39 is 4.92 Å². The lowest BCUT2D eigenvalue weighted by molar-refractivity contribution is -0.384. The lowest BCUT2D eigenvalue weighted by Crippen LogP contribution is -2.06. The summed E-state index contributed by atoms with van der Waals surface area (Å²) in [7, 11) is 0. The number of hydrogen-bond donors (Lipinski definition) is 0. The van der Waals surface area contributed by atoms with Crippen LogP contribution >= 0.6 is 11.8 Å². The van der Waals surface area contributed by atoms with Crippen molar-refractivity contribution in [3.8, 4) is 0 Å². The van der Waals surface area contributed by atoms with Gasteiger partial charge in [-0.2, -0.15) is 0 Å². The van der Waals surface area contributed by atoms with Crippen molar-refractivity contribution in [3.63, 3.8) is 0 Å². The summed E-state index contributed by atoms with van der Waals surface area (Å²) >= 11 is 1.26. The van der Waals surface area contributed by atoms with Gasteiger partial charge in [0.25, 0.3) is 5.69 Å². The molecule has 0 spiro atoms. The molecule has 0 aliphatic heterocycles. The van der Waals surface area contributed by atoms with E-state index in [9.17, 15) is 14.9 Å². The molecule has 0 atom stereocenters. The highest BCUT2D eigenvalue weighted by molar-refractivity contribution is 7.99. The minimum Gasteiger partial charge on any atom is -0.302 e. The second-order valence-corrected chi connectivity index (χ2v) is 5.61. The van der Waals surface area contributed by atoms with Crippen molar-refractivity contribution in [1.82, 2.24) is 14.8 Å². The molecular formula is C15H16N4O3S. The van der Waals surface area contributed by atoms with Gasteiger partial charge in [0.1, 0.15) is 5.82 Å². The van der Waals surface area contributed by atoms with Gasteiger partial charge in [-0.1, -0.05) is 36.9 Å². The normalized spacial score (nSPS) is 10.5. The largest absolute Gasteiger partial charge is 0.302 e. The number of thioether (sulfide) groups is 1. The molecule has 0 amide bonds. The molecule has 1 heterocycles. The maximum Gasteiger partial charge on any atom is 0.270 e. The van der Waals surface area contributed by atoms with Crippen molar-refractivity contribution in [2.75, 3.05) is 5.75 Å². The number of aryl methyl sites for hydroxylation is 1. The van der Waals surface area contributed by atoms with Crippen molar-refractivity contribution in [2.45, 2.75) is 25.0 Å². The highest BCUT2D eigenvalue weighted by atomic mass is 32.2. The Bertz CT molecular complexity index is 742. The van der Waals surface area contributed by atoms with Crippen molar-refractivity contribution < 1.29 is 9.72 Å². The maximum absolute atomic E-state index is 12.2. The number of carbonyl (C=O) groups is 1. The van der Waals surface area contributed by atoms with E-state index >= 15 is 0 Å². The topological polar surface area (TPSA) is 90.9 Å². The number of nitro benzene ring substituents is 1. The molecule has 23 heavy (non-hydrogen) atoms. The monoisotopic (exact) mass is 332 g/mol. The lowest BCUT2D eigenvalue weighted by atomic mass is 10.1. The quantitative estimate of drug-likeness (QED) is 0.243. The van der Waals surface area contributed by atoms with Gasteiger partial charge in [0.2, 0.25) is 0 Å². The molecule has 1 aromatic heterocycles. The van der Waals surface area contributed by atoms with E-state index in [1.807, 2.05) is 11.5 Å². The van der Waals surface area contributed by atoms with Crippen LogP contribution in [0.3, 0.4) is 0 Å². The van der Waals surface area contributed by atoms with Crippen LogP contribution in [-0.2, 0) is 13.0 Å². The van der Waals surface area contributed by atoms with E-state index in [1.165, 1.54) is 30.0 Å². The molecule has 0 saturated carbocycles. The molecule has 0 saturated heterocycles. The third-order valence-corrected chi connectivity index (χ3v) is 4.10. The Labute approximate surface area is 137 Å². The molecule has 0 bridgehead atoms. The molecule has 2 aromatic rings. The van der Waals surface area contributed by atoms with Crippen molar-refractivity contribution in [1.29, 1.82) is 0 Å². The zero-order chi connectivity index (χ0) is 16.8. The van der Waals surface area contributed by atoms with E-state index in [0.717, 1.165) is 12.2 Å². The number of rotatable bonds is 8. The summed E-state index contributed by atoms with van der Waals surface area (Å²) in [4.78, 5) is 22.5. The van der Waals surface area contributed by atoms with E-state index in [1.54, 1.807) is 12.1 Å². The first-order valence-corrected chi connectivity index (χ1v) is 7.98. The third-order valence-electron chi connectivity index (χ3n) is 3.13.